The summed E-state index contributed by atoms with van der Waals surface area (Å²) >= 11 is 0. The van der Waals surface area contributed by atoms with Crippen LogP contribution in [-0.4, -0.2) is 27.9 Å². The molecule has 0 radical (unpaired) electrons. The Morgan fingerprint density at radius 2 is 2.12 bits per heavy atom. The van der Waals surface area contributed by atoms with E-state index in [-0.39, 0.29) is 5.91 Å². The molecule has 1 aromatic heterocycles. The van der Waals surface area contributed by atoms with E-state index < -0.39 is 0 Å². The molecule has 1 aliphatic rings. The molecule has 1 aromatic rings. The van der Waals surface area contributed by atoms with Gasteiger partial charge in [-0.2, -0.15) is 0 Å². The maximum absolute atomic E-state index is 12.3. The summed E-state index contributed by atoms with van der Waals surface area (Å²) in [6.07, 6.45) is 5.16. The molecule has 17 heavy (non-hydrogen) atoms. The first-order valence-corrected chi connectivity index (χ1v) is 6.29. The van der Waals surface area contributed by atoms with Crippen LogP contribution in [0.4, 0.5) is 0 Å². The summed E-state index contributed by atoms with van der Waals surface area (Å²) in [5, 5.41) is 0. The van der Waals surface area contributed by atoms with Gasteiger partial charge in [-0.15, -0.1) is 0 Å². The van der Waals surface area contributed by atoms with E-state index in [4.69, 9.17) is 4.42 Å². The second-order valence-corrected chi connectivity index (χ2v) is 4.97. The molecule has 2 atom stereocenters. The van der Waals surface area contributed by atoms with Gasteiger partial charge in [0, 0.05) is 12.1 Å². The van der Waals surface area contributed by atoms with Crippen LogP contribution in [-0.2, 0) is 11.2 Å². The molecule has 0 bridgehead atoms. The third-order valence-electron chi connectivity index (χ3n) is 3.64. The number of oxazole rings is 1. The largest absolute Gasteiger partial charge is 0.448 e. The minimum absolute atomic E-state index is 0.157. The number of nitrogens with zero attached hydrogens (tertiary/aromatic N) is 2. The Morgan fingerprint density at radius 1 is 1.47 bits per heavy atom. The van der Waals surface area contributed by atoms with Crippen molar-refractivity contribution in [3.8, 4) is 0 Å². The van der Waals surface area contributed by atoms with E-state index in [1.54, 1.807) is 0 Å². The molecule has 1 fully saturated rings. The van der Waals surface area contributed by atoms with Gasteiger partial charge < -0.3 is 9.32 Å². The smallest absolute Gasteiger partial charge is 0.230 e. The first-order valence-electron chi connectivity index (χ1n) is 6.29. The van der Waals surface area contributed by atoms with Gasteiger partial charge in [-0.05, 0) is 40.0 Å². The van der Waals surface area contributed by atoms with Crippen molar-refractivity contribution in [2.45, 2.75) is 58.5 Å². The maximum Gasteiger partial charge on any atom is 0.230 e. The Labute approximate surface area is 102 Å². The van der Waals surface area contributed by atoms with Crippen molar-refractivity contribution in [2.75, 3.05) is 0 Å². The summed E-state index contributed by atoms with van der Waals surface area (Å²) in [5.41, 5.74) is 0.815. The lowest BCUT2D eigenvalue weighted by atomic mass is 9.97. The Balaban J connectivity index is 2.06. The van der Waals surface area contributed by atoms with Gasteiger partial charge in [-0.25, -0.2) is 4.98 Å². The van der Waals surface area contributed by atoms with Gasteiger partial charge in [0.15, 0.2) is 6.39 Å². The van der Waals surface area contributed by atoms with E-state index in [9.17, 15) is 4.79 Å². The van der Waals surface area contributed by atoms with Gasteiger partial charge in [-0.3, -0.25) is 4.79 Å². The molecular formula is C13H20N2O2. The summed E-state index contributed by atoms with van der Waals surface area (Å²) in [7, 11) is 0. The van der Waals surface area contributed by atoms with Crippen LogP contribution >= 0.6 is 0 Å². The van der Waals surface area contributed by atoms with Crippen LogP contribution in [0.2, 0.25) is 0 Å². The number of carbonyl (C=O) groups excluding carboxylic acids is 1. The monoisotopic (exact) mass is 236 g/mol. The highest BCUT2D eigenvalue weighted by atomic mass is 16.3. The minimum Gasteiger partial charge on any atom is -0.448 e. The predicted molar refractivity (Wildman–Crippen MR) is 64.6 cm³/mol. The quantitative estimate of drug-likeness (QED) is 0.791. The Morgan fingerprint density at radius 3 is 2.65 bits per heavy atom. The highest BCUT2D eigenvalue weighted by Crippen LogP contribution is 2.23. The van der Waals surface area contributed by atoms with Gasteiger partial charge in [-0.1, -0.05) is 0 Å². The van der Waals surface area contributed by atoms with Gasteiger partial charge in [0.2, 0.25) is 5.91 Å². The highest BCUT2D eigenvalue weighted by Gasteiger charge is 2.29. The maximum atomic E-state index is 12.3. The van der Waals surface area contributed by atoms with E-state index in [2.05, 4.69) is 18.8 Å². The summed E-state index contributed by atoms with van der Waals surface area (Å²) < 4.78 is 5.24. The van der Waals surface area contributed by atoms with Gasteiger partial charge in [0.25, 0.3) is 0 Å². The minimum atomic E-state index is 0.157. The number of amides is 1. The first kappa shape index (κ1) is 12.1. The molecule has 0 N–H and O–H groups in total. The number of carbonyl (C=O) groups is 1. The van der Waals surface area contributed by atoms with Crippen LogP contribution in [0.5, 0.6) is 0 Å². The van der Waals surface area contributed by atoms with E-state index in [1.165, 1.54) is 12.8 Å². The average molecular weight is 236 g/mol. The molecule has 0 aromatic carbocycles. The van der Waals surface area contributed by atoms with Crippen LogP contribution in [0.3, 0.4) is 0 Å². The molecule has 94 valence electrons. The Kier molecular flexibility index (Phi) is 3.50. The molecule has 4 heteroatoms. The third-order valence-corrected chi connectivity index (χ3v) is 3.64. The fourth-order valence-corrected chi connectivity index (χ4v) is 2.64. The highest BCUT2D eigenvalue weighted by molar-refractivity contribution is 5.79. The van der Waals surface area contributed by atoms with Crippen molar-refractivity contribution in [1.82, 2.24) is 9.88 Å². The topological polar surface area (TPSA) is 46.3 Å². The number of piperidine rings is 1. The van der Waals surface area contributed by atoms with Gasteiger partial charge in [0.1, 0.15) is 5.76 Å². The molecule has 4 nitrogen and oxygen atoms in total. The van der Waals surface area contributed by atoms with E-state index in [0.717, 1.165) is 18.5 Å². The van der Waals surface area contributed by atoms with Crippen molar-refractivity contribution < 1.29 is 9.21 Å². The van der Waals surface area contributed by atoms with Gasteiger partial charge >= 0.3 is 0 Å². The zero-order chi connectivity index (χ0) is 12.4. The molecule has 1 aliphatic heterocycles. The number of rotatable bonds is 2. The molecule has 1 saturated heterocycles. The molecule has 2 heterocycles. The summed E-state index contributed by atoms with van der Waals surface area (Å²) in [5.74, 6) is 0.851. The lowest BCUT2D eigenvalue weighted by molar-refractivity contribution is -0.136. The normalized spacial score (nSPS) is 25.0. The molecule has 0 spiro atoms. The third kappa shape index (κ3) is 2.51. The van der Waals surface area contributed by atoms with Crippen molar-refractivity contribution >= 4 is 5.91 Å². The lowest BCUT2D eigenvalue weighted by Crippen LogP contribution is -2.48. The van der Waals surface area contributed by atoms with E-state index >= 15 is 0 Å². The molecule has 2 rings (SSSR count). The standard InChI is InChI=1S/C13H20N2O2/c1-9-5-4-6-10(2)15(9)13(16)7-12-11(3)14-8-17-12/h8-10H,4-7H2,1-3H3. The first-order chi connectivity index (χ1) is 8.09. The van der Waals surface area contributed by atoms with Crippen LogP contribution < -0.4 is 0 Å². The molecule has 1 amide bonds. The zero-order valence-electron chi connectivity index (χ0n) is 10.8. The van der Waals surface area contributed by atoms with Crippen LogP contribution in [0, 0.1) is 6.92 Å². The second kappa shape index (κ2) is 4.90. The van der Waals surface area contributed by atoms with Crippen molar-refractivity contribution in [2.24, 2.45) is 0 Å². The van der Waals surface area contributed by atoms with E-state index in [0.29, 0.717) is 24.3 Å². The average Bonchev–Trinajstić information content (AvgIpc) is 2.64. The van der Waals surface area contributed by atoms with Crippen LogP contribution in [0.15, 0.2) is 10.8 Å². The molecule has 2 unspecified atom stereocenters. The number of aryl methyl sites for hydroxylation is 1. The van der Waals surface area contributed by atoms with E-state index in [1.807, 2.05) is 11.8 Å². The van der Waals surface area contributed by atoms with Crippen LogP contribution in [0.1, 0.15) is 44.6 Å². The van der Waals surface area contributed by atoms with Crippen molar-refractivity contribution in [1.29, 1.82) is 0 Å². The fourth-order valence-electron chi connectivity index (χ4n) is 2.64. The molecule has 0 aliphatic carbocycles. The summed E-state index contributed by atoms with van der Waals surface area (Å²) in [6, 6.07) is 0.684. The molecule has 0 saturated carbocycles. The SMILES string of the molecule is Cc1ncoc1CC(=O)N1C(C)CCCC1C. The number of hydrogen-bond acceptors (Lipinski definition) is 3. The number of aromatic nitrogens is 1. The lowest BCUT2D eigenvalue weighted by Gasteiger charge is -2.39. The Bertz CT molecular complexity index is 390. The Hall–Kier alpha value is -1.32. The van der Waals surface area contributed by atoms with Crippen molar-refractivity contribution in [3.63, 3.8) is 0 Å². The second-order valence-electron chi connectivity index (χ2n) is 4.97. The fraction of sp³-hybridized carbons (Fsp3) is 0.692. The zero-order valence-corrected chi connectivity index (χ0v) is 10.8. The summed E-state index contributed by atoms with van der Waals surface area (Å²) in [4.78, 5) is 18.3. The van der Waals surface area contributed by atoms with Crippen LogP contribution in [0.25, 0.3) is 0 Å². The predicted octanol–water partition coefficient (Wildman–Crippen LogP) is 2.32. The number of hydrogen-bond donors (Lipinski definition) is 0. The van der Waals surface area contributed by atoms with Gasteiger partial charge in [0.05, 0.1) is 12.1 Å². The van der Waals surface area contributed by atoms with Crippen molar-refractivity contribution in [3.05, 3.63) is 17.8 Å². The summed E-state index contributed by atoms with van der Waals surface area (Å²) in [6.45, 7) is 6.12. The molecular weight excluding hydrogens is 216 g/mol. The number of likely N-dealkylation sites (tertiary alicyclic amines) is 1.